The first-order chi connectivity index (χ1) is 6.10. The van der Waals surface area contributed by atoms with Crippen LogP contribution >= 0.6 is 22.6 Å². The van der Waals surface area contributed by atoms with Gasteiger partial charge in [-0.1, -0.05) is 35.9 Å². The SMILES string of the molecule is CC1(C(O)/C=C/I)CC2(CCC2)C1. The van der Waals surface area contributed by atoms with E-state index in [0.717, 1.165) is 0 Å². The van der Waals surface area contributed by atoms with Crippen molar-refractivity contribution >= 4 is 22.6 Å². The van der Waals surface area contributed by atoms with Crippen LogP contribution < -0.4 is 0 Å². The number of hydrogen-bond donors (Lipinski definition) is 1. The second-order valence-electron chi connectivity index (χ2n) is 5.12. The molecule has 0 aromatic carbocycles. The first-order valence-electron chi connectivity index (χ1n) is 5.05. The van der Waals surface area contributed by atoms with Gasteiger partial charge in [-0.2, -0.15) is 0 Å². The average Bonchev–Trinajstić information content (AvgIpc) is 1.95. The van der Waals surface area contributed by atoms with Crippen LogP contribution in [0.25, 0.3) is 0 Å². The molecular weight excluding hydrogens is 275 g/mol. The monoisotopic (exact) mass is 292 g/mol. The summed E-state index contributed by atoms with van der Waals surface area (Å²) in [6, 6.07) is 0. The Balaban J connectivity index is 1.94. The van der Waals surface area contributed by atoms with Gasteiger partial charge in [0, 0.05) is 0 Å². The Morgan fingerprint density at radius 1 is 1.38 bits per heavy atom. The molecule has 2 heteroatoms. The molecule has 2 saturated carbocycles. The van der Waals surface area contributed by atoms with Crippen molar-refractivity contribution in [2.75, 3.05) is 0 Å². The number of hydrogen-bond acceptors (Lipinski definition) is 1. The van der Waals surface area contributed by atoms with Crippen LogP contribution in [0.5, 0.6) is 0 Å². The van der Waals surface area contributed by atoms with Crippen LogP contribution in [0.15, 0.2) is 10.2 Å². The van der Waals surface area contributed by atoms with Crippen molar-refractivity contribution in [1.82, 2.24) is 0 Å². The molecular formula is C11H17IO. The van der Waals surface area contributed by atoms with E-state index in [-0.39, 0.29) is 11.5 Å². The maximum Gasteiger partial charge on any atom is 0.0782 e. The molecule has 1 unspecified atom stereocenters. The van der Waals surface area contributed by atoms with Crippen molar-refractivity contribution in [2.45, 2.75) is 45.1 Å². The van der Waals surface area contributed by atoms with E-state index in [4.69, 9.17) is 0 Å². The fourth-order valence-electron chi connectivity index (χ4n) is 3.20. The van der Waals surface area contributed by atoms with Gasteiger partial charge in [0.05, 0.1) is 6.10 Å². The van der Waals surface area contributed by atoms with Crippen molar-refractivity contribution in [3.8, 4) is 0 Å². The summed E-state index contributed by atoms with van der Waals surface area (Å²) < 4.78 is 1.93. The minimum absolute atomic E-state index is 0.183. The van der Waals surface area contributed by atoms with Crippen molar-refractivity contribution in [1.29, 1.82) is 0 Å². The van der Waals surface area contributed by atoms with Gasteiger partial charge in [-0.15, -0.1) is 0 Å². The lowest BCUT2D eigenvalue weighted by atomic mass is 9.44. The summed E-state index contributed by atoms with van der Waals surface area (Å²) in [5.41, 5.74) is 0.844. The molecule has 2 aliphatic rings. The Labute approximate surface area is 93.7 Å². The third-order valence-electron chi connectivity index (χ3n) is 3.94. The molecule has 0 aromatic heterocycles. The van der Waals surface area contributed by atoms with Crippen LogP contribution in [-0.2, 0) is 0 Å². The molecule has 1 atom stereocenters. The Morgan fingerprint density at radius 2 is 2.00 bits per heavy atom. The summed E-state index contributed by atoms with van der Waals surface area (Å²) in [7, 11) is 0. The van der Waals surface area contributed by atoms with Crippen molar-refractivity contribution in [3.63, 3.8) is 0 Å². The molecule has 0 heterocycles. The molecule has 0 bridgehead atoms. The summed E-state index contributed by atoms with van der Waals surface area (Å²) >= 11 is 2.17. The number of aliphatic hydroxyl groups excluding tert-OH is 1. The van der Waals surface area contributed by atoms with Gasteiger partial charge in [0.1, 0.15) is 0 Å². The van der Waals surface area contributed by atoms with E-state index in [1.807, 2.05) is 10.2 Å². The van der Waals surface area contributed by atoms with Gasteiger partial charge < -0.3 is 5.11 Å². The first-order valence-corrected chi connectivity index (χ1v) is 6.30. The molecule has 0 aromatic rings. The summed E-state index contributed by atoms with van der Waals surface area (Å²) in [5.74, 6) is 0. The van der Waals surface area contributed by atoms with Gasteiger partial charge >= 0.3 is 0 Å². The highest BCUT2D eigenvalue weighted by Gasteiger charge is 2.56. The summed E-state index contributed by atoms with van der Waals surface area (Å²) in [5, 5.41) is 9.89. The molecule has 0 amide bonds. The van der Waals surface area contributed by atoms with E-state index in [1.54, 1.807) is 0 Å². The van der Waals surface area contributed by atoms with Crippen LogP contribution in [0.2, 0.25) is 0 Å². The van der Waals surface area contributed by atoms with Crippen LogP contribution in [0, 0.1) is 10.8 Å². The summed E-state index contributed by atoms with van der Waals surface area (Å²) in [6.07, 6.45) is 8.40. The molecule has 0 aliphatic heterocycles. The van der Waals surface area contributed by atoms with E-state index in [0.29, 0.717) is 5.41 Å². The summed E-state index contributed by atoms with van der Waals surface area (Å²) in [4.78, 5) is 0. The largest absolute Gasteiger partial charge is 0.388 e. The minimum atomic E-state index is -0.226. The predicted molar refractivity (Wildman–Crippen MR) is 62.8 cm³/mol. The van der Waals surface area contributed by atoms with Gasteiger partial charge in [-0.3, -0.25) is 0 Å². The van der Waals surface area contributed by atoms with Gasteiger partial charge in [-0.25, -0.2) is 0 Å². The molecule has 2 fully saturated rings. The van der Waals surface area contributed by atoms with E-state index >= 15 is 0 Å². The van der Waals surface area contributed by atoms with Crippen LogP contribution in [0.1, 0.15) is 39.0 Å². The van der Waals surface area contributed by atoms with E-state index in [9.17, 15) is 5.11 Å². The smallest absolute Gasteiger partial charge is 0.0782 e. The molecule has 74 valence electrons. The van der Waals surface area contributed by atoms with Crippen LogP contribution in [0.3, 0.4) is 0 Å². The van der Waals surface area contributed by atoms with Crippen LogP contribution in [0.4, 0.5) is 0 Å². The number of halogens is 1. The average molecular weight is 292 g/mol. The van der Waals surface area contributed by atoms with Gasteiger partial charge in [0.2, 0.25) is 0 Å². The molecule has 0 saturated heterocycles. The highest BCUT2D eigenvalue weighted by molar-refractivity contribution is 14.1. The molecule has 1 nitrogen and oxygen atoms in total. The van der Waals surface area contributed by atoms with Gasteiger partial charge in [0.25, 0.3) is 0 Å². The Hall–Kier alpha value is 0.430. The minimum Gasteiger partial charge on any atom is -0.388 e. The molecule has 1 N–H and O–H groups in total. The zero-order chi connectivity index (χ0) is 9.53. The normalized spacial score (nSPS) is 31.3. The molecule has 1 spiro atoms. The third kappa shape index (κ3) is 1.56. The van der Waals surface area contributed by atoms with Gasteiger partial charge in [0.15, 0.2) is 0 Å². The zero-order valence-corrected chi connectivity index (χ0v) is 10.3. The summed E-state index contributed by atoms with van der Waals surface area (Å²) in [6.45, 7) is 2.22. The number of rotatable bonds is 2. The molecule has 2 rings (SSSR count). The van der Waals surface area contributed by atoms with Gasteiger partial charge in [-0.05, 0) is 46.7 Å². The lowest BCUT2D eigenvalue weighted by Crippen LogP contribution is -2.53. The first kappa shape index (κ1) is 9.97. The van der Waals surface area contributed by atoms with Crippen molar-refractivity contribution in [2.24, 2.45) is 10.8 Å². The topological polar surface area (TPSA) is 20.2 Å². The molecule has 0 radical (unpaired) electrons. The lowest BCUT2D eigenvalue weighted by Gasteiger charge is -2.61. The zero-order valence-electron chi connectivity index (χ0n) is 8.09. The maximum absolute atomic E-state index is 9.89. The fraction of sp³-hybridized carbons (Fsp3) is 0.818. The lowest BCUT2D eigenvalue weighted by molar-refractivity contribution is -0.132. The van der Waals surface area contributed by atoms with E-state index in [1.165, 1.54) is 32.1 Å². The van der Waals surface area contributed by atoms with E-state index < -0.39 is 0 Å². The molecule has 2 aliphatic carbocycles. The second-order valence-corrected chi connectivity index (χ2v) is 5.84. The molecule has 13 heavy (non-hydrogen) atoms. The van der Waals surface area contributed by atoms with E-state index in [2.05, 4.69) is 29.5 Å². The maximum atomic E-state index is 9.89. The Bertz CT molecular complexity index is 222. The third-order valence-corrected chi connectivity index (χ3v) is 4.36. The quantitative estimate of drug-likeness (QED) is 0.774. The highest BCUT2D eigenvalue weighted by Crippen LogP contribution is 2.65. The number of aliphatic hydroxyl groups is 1. The Kier molecular flexibility index (Phi) is 2.47. The highest BCUT2D eigenvalue weighted by atomic mass is 127. The Morgan fingerprint density at radius 3 is 2.38 bits per heavy atom. The standard InChI is InChI=1S/C11H17IO/c1-10(9(13)3-6-12)7-11(8-10)4-2-5-11/h3,6,9,13H,2,4-5,7-8H2,1H3/b6-3+. The van der Waals surface area contributed by atoms with Crippen molar-refractivity contribution in [3.05, 3.63) is 10.2 Å². The van der Waals surface area contributed by atoms with Crippen LogP contribution in [-0.4, -0.2) is 11.2 Å². The predicted octanol–water partition coefficient (Wildman–Crippen LogP) is 3.27. The van der Waals surface area contributed by atoms with Crippen molar-refractivity contribution < 1.29 is 5.11 Å². The fourth-order valence-corrected chi connectivity index (χ4v) is 3.60. The second kappa shape index (κ2) is 3.23.